The summed E-state index contributed by atoms with van der Waals surface area (Å²) in [5, 5.41) is 5.54. The van der Waals surface area contributed by atoms with E-state index in [2.05, 4.69) is 17.6 Å². The average molecular weight is 375 g/mol. The van der Waals surface area contributed by atoms with Gasteiger partial charge in [0.05, 0.1) is 0 Å². The zero-order chi connectivity index (χ0) is 19.4. The van der Waals surface area contributed by atoms with E-state index in [1.54, 1.807) is 12.1 Å². The molecule has 4 amide bonds. The largest absolute Gasteiger partial charge is 0.354 e. The fourth-order valence-corrected chi connectivity index (χ4v) is 3.93. The molecular weight excluding hydrogens is 349 g/mol. The summed E-state index contributed by atoms with van der Waals surface area (Å²) in [7, 11) is 0. The van der Waals surface area contributed by atoms with Gasteiger partial charge >= 0.3 is 6.03 Å². The minimum absolute atomic E-state index is 0.271. The van der Waals surface area contributed by atoms with Crippen LogP contribution < -0.4 is 10.6 Å². The van der Waals surface area contributed by atoms with Crippen molar-refractivity contribution in [1.29, 1.82) is 0 Å². The van der Waals surface area contributed by atoms with Crippen LogP contribution in [0.1, 0.15) is 44.6 Å². The number of amides is 4. The summed E-state index contributed by atoms with van der Waals surface area (Å²) in [5.74, 6) is -0.358. The van der Waals surface area contributed by atoms with Crippen LogP contribution in [0.2, 0.25) is 0 Å². The lowest BCUT2D eigenvalue weighted by molar-refractivity contribution is -0.136. The number of rotatable bonds is 6. The van der Waals surface area contributed by atoms with Crippen molar-refractivity contribution in [3.63, 3.8) is 0 Å². The minimum Gasteiger partial charge on any atom is -0.354 e. The summed E-state index contributed by atoms with van der Waals surface area (Å²) in [4.78, 5) is 38.2. The van der Waals surface area contributed by atoms with Crippen LogP contribution in [0.25, 0.3) is 0 Å². The quantitative estimate of drug-likeness (QED) is 0.750. The Balaban J connectivity index is 1.49. The number of imide groups is 1. The zero-order valence-corrected chi connectivity index (χ0v) is 15.6. The molecule has 0 unspecified atom stereocenters. The van der Waals surface area contributed by atoms with Crippen molar-refractivity contribution >= 4 is 17.8 Å². The van der Waals surface area contributed by atoms with Crippen LogP contribution in [-0.2, 0) is 16.0 Å². The molecule has 1 aliphatic heterocycles. The molecule has 0 atom stereocenters. The molecule has 2 fully saturated rings. The summed E-state index contributed by atoms with van der Waals surface area (Å²) in [6.07, 6.45) is 4.74. The molecular formula is C20H26FN3O3. The number of benzene rings is 1. The van der Waals surface area contributed by atoms with Crippen LogP contribution >= 0.6 is 0 Å². The van der Waals surface area contributed by atoms with E-state index < -0.39 is 11.6 Å². The van der Waals surface area contributed by atoms with E-state index in [4.69, 9.17) is 0 Å². The molecule has 6 nitrogen and oxygen atoms in total. The average Bonchev–Trinajstić information content (AvgIpc) is 2.88. The van der Waals surface area contributed by atoms with Crippen LogP contribution in [0.15, 0.2) is 24.3 Å². The maximum Gasteiger partial charge on any atom is 0.325 e. The number of hydrogen-bond donors (Lipinski definition) is 2. The Morgan fingerprint density at radius 3 is 2.56 bits per heavy atom. The van der Waals surface area contributed by atoms with Crippen molar-refractivity contribution in [3.8, 4) is 0 Å². The first-order valence-electron chi connectivity index (χ1n) is 9.59. The topological polar surface area (TPSA) is 78.5 Å². The normalized spacial score (nSPS) is 25.0. The van der Waals surface area contributed by atoms with Gasteiger partial charge in [0.2, 0.25) is 5.91 Å². The van der Waals surface area contributed by atoms with Crippen molar-refractivity contribution < 1.29 is 18.8 Å². The second-order valence-electron chi connectivity index (χ2n) is 7.48. The standard InChI is InChI=1S/C20H26FN3O3/c1-2-14-7-10-20(11-8-14)18(26)24(19(27)23-20)13-17(25)22-12-9-15-3-5-16(21)6-4-15/h3-6,14H,2,7-13H2,1H3,(H,22,25)(H,23,27). The van der Waals surface area contributed by atoms with E-state index in [9.17, 15) is 18.8 Å². The molecule has 1 heterocycles. The van der Waals surface area contributed by atoms with Gasteiger partial charge in [0.15, 0.2) is 0 Å². The van der Waals surface area contributed by atoms with E-state index in [1.165, 1.54) is 12.1 Å². The van der Waals surface area contributed by atoms with Crippen molar-refractivity contribution in [2.75, 3.05) is 13.1 Å². The van der Waals surface area contributed by atoms with Gasteiger partial charge in [-0.05, 0) is 55.7 Å². The highest BCUT2D eigenvalue weighted by atomic mass is 19.1. The number of urea groups is 1. The molecule has 27 heavy (non-hydrogen) atoms. The van der Waals surface area contributed by atoms with Crippen molar-refractivity contribution in [3.05, 3.63) is 35.6 Å². The molecule has 0 aromatic heterocycles. The molecule has 0 bridgehead atoms. The summed E-state index contributed by atoms with van der Waals surface area (Å²) in [6, 6.07) is 5.59. The molecule has 7 heteroatoms. The Labute approximate surface area is 158 Å². The Morgan fingerprint density at radius 1 is 1.26 bits per heavy atom. The Morgan fingerprint density at radius 2 is 1.93 bits per heavy atom. The second kappa shape index (κ2) is 8.06. The number of nitrogens with one attached hydrogen (secondary N) is 2. The maximum atomic E-state index is 12.9. The van der Waals surface area contributed by atoms with Gasteiger partial charge in [-0.15, -0.1) is 0 Å². The third-order valence-corrected chi connectivity index (χ3v) is 5.73. The molecule has 1 saturated carbocycles. The maximum absolute atomic E-state index is 12.9. The number of nitrogens with zero attached hydrogens (tertiary/aromatic N) is 1. The molecule has 2 N–H and O–H groups in total. The molecule has 3 rings (SSSR count). The highest BCUT2D eigenvalue weighted by Crippen LogP contribution is 2.37. The van der Waals surface area contributed by atoms with Crippen molar-refractivity contribution in [2.24, 2.45) is 5.92 Å². The molecule has 1 spiro atoms. The van der Waals surface area contributed by atoms with Gasteiger partial charge in [-0.3, -0.25) is 14.5 Å². The molecule has 1 aromatic carbocycles. The van der Waals surface area contributed by atoms with Crippen LogP contribution in [-0.4, -0.2) is 41.4 Å². The van der Waals surface area contributed by atoms with Crippen LogP contribution in [0, 0.1) is 11.7 Å². The van der Waals surface area contributed by atoms with Crippen LogP contribution in [0.5, 0.6) is 0 Å². The van der Waals surface area contributed by atoms with E-state index in [1.807, 2.05) is 0 Å². The van der Waals surface area contributed by atoms with E-state index >= 15 is 0 Å². The third-order valence-electron chi connectivity index (χ3n) is 5.73. The lowest BCUT2D eigenvalue weighted by Gasteiger charge is -2.34. The fraction of sp³-hybridized carbons (Fsp3) is 0.550. The van der Waals surface area contributed by atoms with Gasteiger partial charge < -0.3 is 10.6 Å². The highest BCUT2D eigenvalue weighted by Gasteiger charge is 2.52. The summed E-state index contributed by atoms with van der Waals surface area (Å²) < 4.78 is 12.9. The van der Waals surface area contributed by atoms with Crippen molar-refractivity contribution in [2.45, 2.75) is 51.0 Å². The monoisotopic (exact) mass is 375 g/mol. The Bertz CT molecular complexity index is 712. The predicted molar refractivity (Wildman–Crippen MR) is 98.3 cm³/mol. The summed E-state index contributed by atoms with van der Waals surface area (Å²) in [5.41, 5.74) is 0.0790. The molecule has 2 aliphatic rings. The van der Waals surface area contributed by atoms with Gasteiger partial charge in [0.1, 0.15) is 17.9 Å². The summed E-state index contributed by atoms with van der Waals surface area (Å²) in [6.45, 7) is 2.23. The fourth-order valence-electron chi connectivity index (χ4n) is 3.93. The van der Waals surface area contributed by atoms with E-state index in [0.717, 1.165) is 29.7 Å². The summed E-state index contributed by atoms with van der Waals surface area (Å²) >= 11 is 0. The number of carbonyl (C=O) groups excluding carboxylic acids is 3. The Kier molecular flexibility index (Phi) is 5.77. The van der Waals surface area contributed by atoms with Gasteiger partial charge in [0.25, 0.3) is 5.91 Å². The number of carbonyl (C=O) groups is 3. The molecule has 0 radical (unpaired) electrons. The number of hydrogen-bond acceptors (Lipinski definition) is 3. The second-order valence-corrected chi connectivity index (χ2v) is 7.48. The zero-order valence-electron chi connectivity index (χ0n) is 15.6. The van der Waals surface area contributed by atoms with Crippen molar-refractivity contribution in [1.82, 2.24) is 15.5 Å². The van der Waals surface area contributed by atoms with Gasteiger partial charge in [-0.25, -0.2) is 9.18 Å². The van der Waals surface area contributed by atoms with Gasteiger partial charge in [0, 0.05) is 6.54 Å². The first-order valence-corrected chi connectivity index (χ1v) is 9.59. The smallest absolute Gasteiger partial charge is 0.325 e. The minimum atomic E-state index is -0.822. The molecule has 1 aromatic rings. The van der Waals surface area contributed by atoms with Crippen LogP contribution in [0.3, 0.4) is 0 Å². The predicted octanol–water partition coefficient (Wildman–Crippen LogP) is 2.38. The van der Waals surface area contributed by atoms with Crippen LogP contribution in [0.4, 0.5) is 9.18 Å². The Hall–Kier alpha value is -2.44. The lowest BCUT2D eigenvalue weighted by atomic mass is 9.75. The first-order chi connectivity index (χ1) is 12.9. The van der Waals surface area contributed by atoms with E-state index in [-0.39, 0.29) is 24.2 Å². The molecule has 1 saturated heterocycles. The third kappa shape index (κ3) is 4.28. The molecule has 146 valence electrons. The lowest BCUT2D eigenvalue weighted by Crippen LogP contribution is -2.50. The first kappa shape index (κ1) is 19.3. The molecule has 1 aliphatic carbocycles. The highest BCUT2D eigenvalue weighted by molar-refractivity contribution is 6.09. The van der Waals surface area contributed by atoms with Gasteiger partial charge in [-0.2, -0.15) is 0 Å². The number of halogens is 1. The van der Waals surface area contributed by atoms with Gasteiger partial charge in [-0.1, -0.05) is 25.5 Å². The van der Waals surface area contributed by atoms with E-state index in [0.29, 0.717) is 31.7 Å². The SMILES string of the molecule is CCC1CCC2(CC1)NC(=O)N(CC(=O)NCCc1ccc(F)cc1)C2=O.